The molecular weight excluding hydrogens is 630 g/mol. The number of aryl methyl sites for hydroxylation is 1. The molecule has 2 aromatic heterocycles. The van der Waals surface area contributed by atoms with Gasteiger partial charge in [0, 0.05) is 20.4 Å². The van der Waals surface area contributed by atoms with Gasteiger partial charge in [-0.1, -0.05) is 56.1 Å². The molecule has 1 N–H and O–H groups in total. The molecule has 35 heavy (non-hydrogen) atoms. The molecule has 0 spiro atoms. The smallest absolute Gasteiger partial charge is 0.273 e. The van der Waals surface area contributed by atoms with Gasteiger partial charge in [0.15, 0.2) is 5.69 Å². The number of halogens is 9. The van der Waals surface area contributed by atoms with Crippen LogP contribution in [0.2, 0.25) is 0 Å². The molecule has 186 valence electrons. The summed E-state index contributed by atoms with van der Waals surface area (Å²) in [5.41, 5.74) is 0.229. The zero-order valence-corrected chi connectivity index (χ0v) is 21.4. The lowest BCUT2D eigenvalue weighted by Gasteiger charge is -2.05. The highest BCUT2D eigenvalue weighted by atomic mass is 79.9. The number of hydrogen-bond donors (Lipinski definition) is 1. The van der Waals surface area contributed by atoms with Crippen LogP contribution in [0.3, 0.4) is 0 Å². The van der Waals surface area contributed by atoms with E-state index in [9.17, 15) is 26.3 Å². The van der Waals surface area contributed by atoms with Crippen LogP contribution in [-0.2, 0) is 18.9 Å². The second kappa shape index (κ2) is 11.2. The topological polar surface area (TPSA) is 46.5 Å². The van der Waals surface area contributed by atoms with Gasteiger partial charge in [-0.2, -0.15) is 36.5 Å². The van der Waals surface area contributed by atoms with Gasteiger partial charge >= 0.3 is 12.4 Å². The van der Waals surface area contributed by atoms with Crippen molar-refractivity contribution < 1.29 is 26.3 Å². The number of alkyl halides is 7. The molecule has 2 heterocycles. The van der Waals surface area contributed by atoms with Gasteiger partial charge in [0.25, 0.3) is 0 Å². The molecule has 13 heteroatoms. The van der Waals surface area contributed by atoms with Gasteiger partial charge in [0.05, 0.1) is 17.9 Å². The van der Waals surface area contributed by atoms with E-state index in [-0.39, 0.29) is 18.1 Å². The second-order valence-electron chi connectivity index (χ2n) is 7.00. The van der Waals surface area contributed by atoms with Crippen molar-refractivity contribution in [2.75, 3.05) is 5.88 Å². The van der Waals surface area contributed by atoms with Gasteiger partial charge in [0.1, 0.15) is 5.69 Å². The van der Waals surface area contributed by atoms with E-state index in [0.717, 1.165) is 21.1 Å². The SMILES string of the molecule is FC(F)(F)c1cc(-c2ccc(Br)cc2)n(CCCl)n1.FC(F)(F)c1cc(-c2ccc(Br)cc2)n[nH]1. The largest absolute Gasteiger partial charge is 0.435 e. The van der Waals surface area contributed by atoms with E-state index >= 15 is 0 Å². The molecule has 4 rings (SSSR count). The zero-order valence-electron chi connectivity index (χ0n) is 17.4. The van der Waals surface area contributed by atoms with E-state index in [4.69, 9.17) is 11.6 Å². The molecule has 0 unspecified atom stereocenters. The summed E-state index contributed by atoms with van der Waals surface area (Å²) in [6.07, 6.45) is -8.84. The predicted molar refractivity (Wildman–Crippen MR) is 128 cm³/mol. The van der Waals surface area contributed by atoms with Crippen molar-refractivity contribution >= 4 is 43.5 Å². The van der Waals surface area contributed by atoms with Gasteiger partial charge in [0.2, 0.25) is 0 Å². The molecule has 0 radical (unpaired) electrons. The van der Waals surface area contributed by atoms with Crippen LogP contribution in [-0.4, -0.2) is 25.9 Å². The summed E-state index contributed by atoms with van der Waals surface area (Å²) in [6, 6.07) is 15.9. The molecule has 0 saturated carbocycles. The Morgan fingerprint density at radius 3 is 1.80 bits per heavy atom. The molecule has 0 saturated heterocycles. The molecule has 0 aliphatic carbocycles. The summed E-state index contributed by atoms with van der Waals surface area (Å²) in [4.78, 5) is 0. The van der Waals surface area contributed by atoms with Crippen LogP contribution in [0.15, 0.2) is 69.6 Å². The first-order valence-corrected chi connectivity index (χ1v) is 11.9. The Bertz CT molecular complexity index is 1250. The normalized spacial score (nSPS) is 11.8. The van der Waals surface area contributed by atoms with E-state index in [1.165, 1.54) is 4.68 Å². The van der Waals surface area contributed by atoms with Gasteiger partial charge in [-0.05, 0) is 42.0 Å². The summed E-state index contributed by atoms with van der Waals surface area (Å²) >= 11 is 12.1. The second-order valence-corrected chi connectivity index (χ2v) is 9.21. The molecule has 4 aromatic rings. The Labute approximate surface area is 217 Å². The van der Waals surface area contributed by atoms with Crippen molar-refractivity contribution in [1.82, 2.24) is 20.0 Å². The number of aromatic nitrogens is 4. The third-order valence-electron chi connectivity index (χ3n) is 4.53. The van der Waals surface area contributed by atoms with E-state index in [1.807, 2.05) is 5.10 Å². The number of aromatic amines is 1. The fourth-order valence-electron chi connectivity index (χ4n) is 2.89. The third kappa shape index (κ3) is 7.34. The van der Waals surface area contributed by atoms with Crippen molar-refractivity contribution in [3.8, 4) is 22.5 Å². The molecule has 0 aliphatic rings. The maximum Gasteiger partial charge on any atom is 0.435 e. The molecule has 0 aliphatic heterocycles. The molecule has 0 bridgehead atoms. The Kier molecular flexibility index (Phi) is 8.71. The van der Waals surface area contributed by atoms with E-state index in [2.05, 4.69) is 42.1 Å². The molecule has 0 atom stereocenters. The van der Waals surface area contributed by atoms with Crippen molar-refractivity contribution in [3.05, 3.63) is 81.0 Å². The lowest BCUT2D eigenvalue weighted by atomic mass is 10.1. The lowest BCUT2D eigenvalue weighted by Crippen LogP contribution is -2.09. The number of benzene rings is 2. The summed E-state index contributed by atoms with van der Waals surface area (Å²) in [5, 5.41) is 9.16. The van der Waals surface area contributed by atoms with Gasteiger partial charge in [-0.15, -0.1) is 11.6 Å². The monoisotopic (exact) mass is 642 g/mol. The maximum atomic E-state index is 12.7. The molecule has 0 fully saturated rings. The minimum atomic E-state index is -4.46. The van der Waals surface area contributed by atoms with Crippen molar-refractivity contribution in [3.63, 3.8) is 0 Å². The standard InChI is InChI=1S/C12H9BrClF3N2.C10H6BrF3N2/c13-9-3-1-8(2-4-9)10-7-11(12(15,16)17)18-19(10)6-5-14;11-7-3-1-6(2-4-7)8-5-9(16-15-8)10(12,13)14/h1-4,7H,5-6H2;1-5H,(H,15,16). The van der Waals surface area contributed by atoms with E-state index in [1.54, 1.807) is 48.5 Å². The first-order chi connectivity index (χ1) is 16.4. The Morgan fingerprint density at radius 2 is 1.34 bits per heavy atom. The lowest BCUT2D eigenvalue weighted by molar-refractivity contribution is -0.142. The minimum absolute atomic E-state index is 0.197. The van der Waals surface area contributed by atoms with E-state index in [0.29, 0.717) is 16.8 Å². The highest BCUT2D eigenvalue weighted by Crippen LogP contribution is 2.32. The summed E-state index contributed by atoms with van der Waals surface area (Å²) in [5.74, 6) is 0.197. The van der Waals surface area contributed by atoms with Crippen LogP contribution in [0, 0.1) is 0 Å². The highest BCUT2D eigenvalue weighted by molar-refractivity contribution is 9.10. The highest BCUT2D eigenvalue weighted by Gasteiger charge is 2.35. The zero-order chi connectivity index (χ0) is 25.8. The minimum Gasteiger partial charge on any atom is -0.273 e. The fourth-order valence-corrected chi connectivity index (χ4v) is 3.58. The van der Waals surface area contributed by atoms with E-state index < -0.39 is 23.7 Å². The van der Waals surface area contributed by atoms with Gasteiger partial charge < -0.3 is 0 Å². The first-order valence-electron chi connectivity index (χ1n) is 9.74. The summed E-state index contributed by atoms with van der Waals surface area (Å²) in [7, 11) is 0. The summed E-state index contributed by atoms with van der Waals surface area (Å²) < 4.78 is 78.0. The number of nitrogens with zero attached hydrogens (tertiary/aromatic N) is 3. The number of nitrogens with one attached hydrogen (secondary N) is 1. The van der Waals surface area contributed by atoms with Gasteiger partial charge in [-0.25, -0.2) is 0 Å². The van der Waals surface area contributed by atoms with Crippen LogP contribution in [0.5, 0.6) is 0 Å². The van der Waals surface area contributed by atoms with Crippen LogP contribution in [0.1, 0.15) is 11.4 Å². The Morgan fingerprint density at radius 1 is 0.800 bits per heavy atom. The Hall–Kier alpha value is -2.31. The van der Waals surface area contributed by atoms with Crippen LogP contribution in [0.25, 0.3) is 22.5 Å². The van der Waals surface area contributed by atoms with Crippen molar-refractivity contribution in [1.29, 1.82) is 0 Å². The average Bonchev–Trinajstić information content (AvgIpc) is 3.43. The number of H-pyrrole nitrogens is 1. The fraction of sp³-hybridized carbons (Fsp3) is 0.182. The summed E-state index contributed by atoms with van der Waals surface area (Å²) in [6.45, 7) is 0.225. The molecule has 4 nitrogen and oxygen atoms in total. The van der Waals surface area contributed by atoms with Crippen LogP contribution in [0.4, 0.5) is 26.3 Å². The Balaban J connectivity index is 0.000000198. The molecular formula is C22H15Br2ClF6N4. The predicted octanol–water partition coefficient (Wildman–Crippen LogP) is 8.43. The van der Waals surface area contributed by atoms with Gasteiger partial charge in [-0.3, -0.25) is 9.78 Å². The first kappa shape index (κ1) is 27.3. The number of rotatable bonds is 4. The average molecular weight is 645 g/mol. The van der Waals surface area contributed by atoms with Crippen LogP contribution >= 0.6 is 43.5 Å². The maximum absolute atomic E-state index is 12.7. The molecule has 2 aromatic carbocycles. The third-order valence-corrected chi connectivity index (χ3v) is 5.76. The number of hydrogen-bond acceptors (Lipinski definition) is 2. The molecule has 0 amide bonds. The van der Waals surface area contributed by atoms with Crippen molar-refractivity contribution in [2.24, 2.45) is 0 Å². The quantitative estimate of drug-likeness (QED) is 0.179. The van der Waals surface area contributed by atoms with Crippen molar-refractivity contribution in [2.45, 2.75) is 18.9 Å². The van der Waals surface area contributed by atoms with Crippen LogP contribution < -0.4 is 0 Å².